The molecule has 2 aromatic heterocycles. The molecule has 0 saturated carbocycles. The second kappa shape index (κ2) is 7.16. The zero-order valence-corrected chi connectivity index (χ0v) is 14.4. The number of halogens is 1. The SMILES string of the molecule is Cc1nc(-c2ccc(F)cc2)c(-c2nc(C(=O)NCCO)cs2)s1. The van der Waals surface area contributed by atoms with Crippen LogP contribution >= 0.6 is 22.7 Å². The van der Waals surface area contributed by atoms with E-state index in [-0.39, 0.29) is 24.9 Å². The van der Waals surface area contributed by atoms with E-state index in [1.807, 2.05) is 6.92 Å². The van der Waals surface area contributed by atoms with Gasteiger partial charge in [0.25, 0.3) is 5.91 Å². The third-order valence-corrected chi connectivity index (χ3v) is 5.15. The van der Waals surface area contributed by atoms with Crippen LogP contribution in [0.4, 0.5) is 4.39 Å². The van der Waals surface area contributed by atoms with Crippen LogP contribution in [-0.2, 0) is 0 Å². The van der Waals surface area contributed by atoms with Gasteiger partial charge in [-0.2, -0.15) is 0 Å². The predicted octanol–water partition coefficient (Wildman–Crippen LogP) is 3.10. The molecule has 0 unspecified atom stereocenters. The van der Waals surface area contributed by atoms with Crippen LogP contribution in [0.2, 0.25) is 0 Å². The number of nitrogens with one attached hydrogen (secondary N) is 1. The molecule has 5 nitrogen and oxygen atoms in total. The minimum absolute atomic E-state index is 0.120. The van der Waals surface area contributed by atoms with Crippen LogP contribution in [0.15, 0.2) is 29.6 Å². The Morgan fingerprint density at radius 2 is 2.04 bits per heavy atom. The molecule has 24 heavy (non-hydrogen) atoms. The maximum atomic E-state index is 13.1. The van der Waals surface area contributed by atoms with E-state index in [2.05, 4.69) is 15.3 Å². The van der Waals surface area contributed by atoms with Crippen LogP contribution in [0, 0.1) is 12.7 Å². The number of aliphatic hydroxyl groups is 1. The number of amides is 1. The van der Waals surface area contributed by atoms with E-state index in [4.69, 9.17) is 5.11 Å². The molecule has 2 N–H and O–H groups in total. The molecule has 3 aromatic rings. The fraction of sp³-hybridized carbons (Fsp3) is 0.188. The summed E-state index contributed by atoms with van der Waals surface area (Å²) in [4.78, 5) is 21.7. The second-order valence-corrected chi connectivity index (χ2v) is 7.00. The highest BCUT2D eigenvalue weighted by Crippen LogP contribution is 2.38. The van der Waals surface area contributed by atoms with Gasteiger partial charge in [0.05, 0.1) is 22.2 Å². The van der Waals surface area contributed by atoms with E-state index in [1.165, 1.54) is 34.8 Å². The first-order chi connectivity index (χ1) is 11.6. The molecule has 0 bridgehead atoms. The standard InChI is InChI=1S/C16H14FN3O2S2/c1-9-19-13(10-2-4-11(17)5-3-10)14(24-9)16-20-12(8-23-16)15(22)18-6-7-21/h2-5,8,21H,6-7H2,1H3,(H,18,22). The van der Waals surface area contributed by atoms with Crippen LogP contribution in [0.5, 0.6) is 0 Å². The maximum absolute atomic E-state index is 13.1. The summed E-state index contributed by atoms with van der Waals surface area (Å²) in [5.74, 6) is -0.625. The number of thiazole rings is 2. The average Bonchev–Trinajstić information content (AvgIpc) is 3.20. The van der Waals surface area contributed by atoms with E-state index >= 15 is 0 Å². The zero-order chi connectivity index (χ0) is 17.1. The molecule has 3 rings (SSSR count). The van der Waals surface area contributed by atoms with Crippen LogP contribution in [0.1, 0.15) is 15.5 Å². The van der Waals surface area contributed by atoms with Crippen molar-refractivity contribution in [2.75, 3.05) is 13.2 Å². The van der Waals surface area contributed by atoms with Gasteiger partial charge in [-0.15, -0.1) is 22.7 Å². The summed E-state index contributed by atoms with van der Waals surface area (Å²) in [7, 11) is 0. The van der Waals surface area contributed by atoms with Crippen molar-refractivity contribution in [3.8, 4) is 21.1 Å². The summed E-state index contributed by atoms with van der Waals surface area (Å²) in [6, 6.07) is 6.14. The van der Waals surface area contributed by atoms with E-state index in [1.54, 1.807) is 17.5 Å². The predicted molar refractivity (Wildman–Crippen MR) is 92.8 cm³/mol. The average molecular weight is 363 g/mol. The summed E-state index contributed by atoms with van der Waals surface area (Å²) >= 11 is 2.83. The molecule has 0 atom stereocenters. The van der Waals surface area contributed by atoms with Gasteiger partial charge in [0, 0.05) is 17.5 Å². The molecular formula is C16H14FN3O2S2. The zero-order valence-electron chi connectivity index (χ0n) is 12.7. The summed E-state index contributed by atoms with van der Waals surface area (Å²) in [5.41, 5.74) is 1.84. The molecule has 0 radical (unpaired) electrons. The number of aromatic nitrogens is 2. The lowest BCUT2D eigenvalue weighted by Gasteiger charge is -2.00. The van der Waals surface area contributed by atoms with Crippen molar-refractivity contribution in [2.45, 2.75) is 6.92 Å². The maximum Gasteiger partial charge on any atom is 0.270 e. The number of carbonyl (C=O) groups is 1. The van der Waals surface area contributed by atoms with Crippen LogP contribution in [0.3, 0.4) is 0 Å². The molecule has 1 aromatic carbocycles. The summed E-state index contributed by atoms with van der Waals surface area (Å²) in [5, 5.41) is 14.6. The summed E-state index contributed by atoms with van der Waals surface area (Å²) in [6.07, 6.45) is 0. The van der Waals surface area contributed by atoms with Crippen LogP contribution in [0.25, 0.3) is 21.1 Å². The topological polar surface area (TPSA) is 75.1 Å². The van der Waals surface area contributed by atoms with Gasteiger partial charge >= 0.3 is 0 Å². The molecule has 0 aliphatic heterocycles. The number of benzene rings is 1. The lowest BCUT2D eigenvalue weighted by atomic mass is 10.1. The normalized spacial score (nSPS) is 10.8. The minimum atomic E-state index is -0.323. The summed E-state index contributed by atoms with van der Waals surface area (Å²) in [6.45, 7) is 1.96. The van der Waals surface area contributed by atoms with Crippen molar-refractivity contribution in [1.29, 1.82) is 0 Å². The lowest BCUT2D eigenvalue weighted by molar-refractivity contribution is 0.0940. The molecule has 2 heterocycles. The van der Waals surface area contributed by atoms with Crippen molar-refractivity contribution in [1.82, 2.24) is 15.3 Å². The Balaban J connectivity index is 1.94. The fourth-order valence-electron chi connectivity index (χ4n) is 2.12. The largest absolute Gasteiger partial charge is 0.395 e. The van der Waals surface area contributed by atoms with Gasteiger partial charge in [0.15, 0.2) is 0 Å². The number of aliphatic hydroxyl groups excluding tert-OH is 1. The van der Waals surface area contributed by atoms with Crippen molar-refractivity contribution < 1.29 is 14.3 Å². The number of rotatable bonds is 5. The van der Waals surface area contributed by atoms with Gasteiger partial charge in [-0.25, -0.2) is 14.4 Å². The summed E-state index contributed by atoms with van der Waals surface area (Å²) < 4.78 is 13.1. The van der Waals surface area contributed by atoms with Crippen molar-refractivity contribution in [3.63, 3.8) is 0 Å². The van der Waals surface area contributed by atoms with Gasteiger partial charge in [0.1, 0.15) is 16.5 Å². The number of hydrogen-bond donors (Lipinski definition) is 2. The highest BCUT2D eigenvalue weighted by atomic mass is 32.1. The lowest BCUT2D eigenvalue weighted by Crippen LogP contribution is -2.26. The van der Waals surface area contributed by atoms with Gasteiger partial charge in [-0.05, 0) is 31.2 Å². The Labute approximate surface area is 145 Å². The molecule has 124 valence electrons. The second-order valence-electron chi connectivity index (χ2n) is 4.93. The molecule has 8 heteroatoms. The first-order valence-electron chi connectivity index (χ1n) is 7.17. The molecule has 0 aliphatic rings. The first-order valence-corrected chi connectivity index (χ1v) is 8.86. The third kappa shape index (κ3) is 3.50. The number of carbonyl (C=O) groups excluding carboxylic acids is 1. The van der Waals surface area contributed by atoms with Gasteiger partial charge in [0.2, 0.25) is 0 Å². The van der Waals surface area contributed by atoms with Gasteiger partial charge in [-0.3, -0.25) is 4.79 Å². The van der Waals surface area contributed by atoms with Gasteiger partial charge < -0.3 is 10.4 Å². The fourth-order valence-corrected chi connectivity index (χ4v) is 3.95. The Hall–Kier alpha value is -2.16. The highest BCUT2D eigenvalue weighted by Gasteiger charge is 2.18. The Morgan fingerprint density at radius 1 is 1.29 bits per heavy atom. The molecule has 0 saturated heterocycles. The Kier molecular flexibility index (Phi) is 4.98. The van der Waals surface area contributed by atoms with Gasteiger partial charge in [-0.1, -0.05) is 0 Å². The van der Waals surface area contributed by atoms with Crippen LogP contribution in [-0.4, -0.2) is 34.1 Å². The smallest absolute Gasteiger partial charge is 0.270 e. The number of nitrogens with zero attached hydrogens (tertiary/aromatic N) is 2. The minimum Gasteiger partial charge on any atom is -0.395 e. The monoisotopic (exact) mass is 363 g/mol. The molecule has 0 fully saturated rings. The van der Waals surface area contributed by atoms with Crippen LogP contribution < -0.4 is 5.32 Å². The first kappa shape index (κ1) is 16.7. The van der Waals surface area contributed by atoms with E-state index in [0.717, 1.165) is 21.1 Å². The third-order valence-electron chi connectivity index (χ3n) is 3.18. The van der Waals surface area contributed by atoms with Crippen molar-refractivity contribution >= 4 is 28.6 Å². The Bertz CT molecular complexity index is 859. The van der Waals surface area contributed by atoms with E-state index in [0.29, 0.717) is 10.7 Å². The van der Waals surface area contributed by atoms with Crippen molar-refractivity contribution in [3.05, 3.63) is 46.2 Å². The number of aryl methyl sites for hydroxylation is 1. The Morgan fingerprint density at radius 3 is 2.75 bits per heavy atom. The van der Waals surface area contributed by atoms with Crippen molar-refractivity contribution in [2.24, 2.45) is 0 Å². The quantitative estimate of drug-likeness (QED) is 0.730. The molecule has 1 amide bonds. The molecule has 0 aliphatic carbocycles. The molecule has 0 spiro atoms. The van der Waals surface area contributed by atoms with E-state index in [9.17, 15) is 9.18 Å². The number of hydrogen-bond acceptors (Lipinski definition) is 6. The molecular weight excluding hydrogens is 349 g/mol. The van der Waals surface area contributed by atoms with E-state index < -0.39 is 0 Å². The highest BCUT2D eigenvalue weighted by molar-refractivity contribution is 7.21.